The fraction of sp³-hybridized carbons (Fsp3) is 0.417. The van der Waals surface area contributed by atoms with Crippen LogP contribution in [0.2, 0.25) is 0 Å². The molecule has 0 aliphatic heterocycles. The molecule has 112 valence electrons. The van der Waals surface area contributed by atoms with E-state index in [1.807, 2.05) is 0 Å². The topological polar surface area (TPSA) is 66.8 Å². The van der Waals surface area contributed by atoms with Crippen molar-refractivity contribution in [3.8, 4) is 0 Å². The van der Waals surface area contributed by atoms with E-state index < -0.39 is 41.3 Å². The normalized spacial score (nSPS) is 14.8. The Kier molecular flexibility index (Phi) is 5.07. The number of carbonyl (C=O) groups excluding carboxylic acids is 1. The maximum atomic E-state index is 13.3. The van der Waals surface area contributed by atoms with Gasteiger partial charge in [-0.1, -0.05) is 12.1 Å². The summed E-state index contributed by atoms with van der Waals surface area (Å²) in [5.41, 5.74) is -2.66. The third kappa shape index (κ3) is 3.45. The third-order valence-corrected chi connectivity index (χ3v) is 2.48. The lowest BCUT2D eigenvalue weighted by molar-refractivity contribution is -0.161. The van der Waals surface area contributed by atoms with Gasteiger partial charge in [-0.2, -0.15) is 13.2 Å². The molecule has 0 bridgehead atoms. The van der Waals surface area contributed by atoms with E-state index in [0.29, 0.717) is 6.07 Å². The zero-order valence-electron chi connectivity index (χ0n) is 10.3. The number of rotatable bonds is 4. The van der Waals surface area contributed by atoms with E-state index in [1.165, 1.54) is 6.92 Å². The van der Waals surface area contributed by atoms with Crippen molar-refractivity contribution in [2.75, 3.05) is 6.61 Å². The standard InChI is InChI=1S/C12H12F4O4/c1-2-20-11(19)10(18)9(17)6-4-3-5-7(13)8(6)12(14,15)16/h3-5,9-10,17-18H,2H2,1H3. The van der Waals surface area contributed by atoms with Crippen molar-refractivity contribution in [3.63, 3.8) is 0 Å². The number of aliphatic hydroxyl groups is 2. The number of halogens is 4. The van der Waals surface area contributed by atoms with Gasteiger partial charge in [0, 0.05) is 0 Å². The molecule has 0 aliphatic carbocycles. The molecule has 2 unspecified atom stereocenters. The number of hydrogen-bond donors (Lipinski definition) is 2. The quantitative estimate of drug-likeness (QED) is 0.657. The highest BCUT2D eigenvalue weighted by atomic mass is 19.4. The van der Waals surface area contributed by atoms with E-state index in [4.69, 9.17) is 0 Å². The number of ether oxygens (including phenoxy) is 1. The Hall–Kier alpha value is -1.67. The highest BCUT2D eigenvalue weighted by Gasteiger charge is 2.40. The van der Waals surface area contributed by atoms with E-state index in [2.05, 4.69) is 4.74 Å². The van der Waals surface area contributed by atoms with Crippen LogP contribution in [0.1, 0.15) is 24.2 Å². The number of carbonyl (C=O) groups is 1. The van der Waals surface area contributed by atoms with Crippen molar-refractivity contribution < 1.29 is 37.3 Å². The first-order chi connectivity index (χ1) is 9.20. The minimum absolute atomic E-state index is 0.127. The second-order valence-electron chi connectivity index (χ2n) is 3.84. The van der Waals surface area contributed by atoms with Crippen LogP contribution in [0.5, 0.6) is 0 Å². The van der Waals surface area contributed by atoms with Gasteiger partial charge in [-0.3, -0.25) is 0 Å². The summed E-state index contributed by atoms with van der Waals surface area (Å²) in [5.74, 6) is -2.90. The molecule has 8 heteroatoms. The third-order valence-electron chi connectivity index (χ3n) is 2.48. The molecule has 0 aliphatic rings. The number of hydrogen-bond acceptors (Lipinski definition) is 4. The van der Waals surface area contributed by atoms with Gasteiger partial charge in [-0.05, 0) is 18.6 Å². The van der Waals surface area contributed by atoms with Crippen LogP contribution in [0.3, 0.4) is 0 Å². The van der Waals surface area contributed by atoms with E-state index >= 15 is 0 Å². The van der Waals surface area contributed by atoms with Gasteiger partial charge in [0.1, 0.15) is 11.9 Å². The number of benzene rings is 1. The molecular weight excluding hydrogens is 284 g/mol. The van der Waals surface area contributed by atoms with E-state index in [0.717, 1.165) is 12.1 Å². The first-order valence-corrected chi connectivity index (χ1v) is 5.58. The molecule has 2 atom stereocenters. The fourth-order valence-corrected chi connectivity index (χ4v) is 1.61. The van der Waals surface area contributed by atoms with Crippen molar-refractivity contribution in [2.45, 2.75) is 25.3 Å². The minimum atomic E-state index is -5.07. The van der Waals surface area contributed by atoms with E-state index in [-0.39, 0.29) is 6.61 Å². The molecule has 20 heavy (non-hydrogen) atoms. The maximum Gasteiger partial charge on any atom is 0.419 e. The first-order valence-electron chi connectivity index (χ1n) is 5.58. The van der Waals surface area contributed by atoms with Crippen LogP contribution < -0.4 is 0 Å². The minimum Gasteiger partial charge on any atom is -0.464 e. The lowest BCUT2D eigenvalue weighted by Crippen LogP contribution is -2.31. The smallest absolute Gasteiger partial charge is 0.419 e. The first kappa shape index (κ1) is 16.4. The Morgan fingerprint density at radius 2 is 1.95 bits per heavy atom. The monoisotopic (exact) mass is 296 g/mol. The van der Waals surface area contributed by atoms with Gasteiger partial charge in [0.05, 0.1) is 12.2 Å². The largest absolute Gasteiger partial charge is 0.464 e. The van der Waals surface area contributed by atoms with Crippen molar-refractivity contribution >= 4 is 5.97 Å². The highest BCUT2D eigenvalue weighted by molar-refractivity contribution is 5.75. The summed E-state index contributed by atoms with van der Waals surface area (Å²) in [5, 5.41) is 19.1. The molecule has 0 heterocycles. The number of alkyl halides is 3. The number of aliphatic hydroxyl groups excluding tert-OH is 2. The zero-order chi connectivity index (χ0) is 15.5. The number of esters is 1. The molecule has 0 fully saturated rings. The van der Waals surface area contributed by atoms with E-state index in [1.54, 1.807) is 0 Å². The Morgan fingerprint density at radius 1 is 1.35 bits per heavy atom. The van der Waals surface area contributed by atoms with Gasteiger partial charge in [0.25, 0.3) is 0 Å². The lowest BCUT2D eigenvalue weighted by atomic mass is 9.97. The van der Waals surface area contributed by atoms with Crippen LogP contribution in [0.4, 0.5) is 17.6 Å². The summed E-state index contributed by atoms with van der Waals surface area (Å²) in [7, 11) is 0. The van der Waals surface area contributed by atoms with Gasteiger partial charge < -0.3 is 14.9 Å². The molecule has 0 amide bonds. The molecule has 1 aromatic carbocycles. The van der Waals surface area contributed by atoms with Gasteiger partial charge in [-0.25, -0.2) is 9.18 Å². The van der Waals surface area contributed by atoms with Crippen LogP contribution in [0, 0.1) is 5.82 Å². The fourth-order valence-electron chi connectivity index (χ4n) is 1.61. The summed E-state index contributed by atoms with van der Waals surface area (Å²) in [6, 6.07) is 2.27. The average Bonchev–Trinajstić information content (AvgIpc) is 2.35. The molecule has 1 aromatic rings. The van der Waals surface area contributed by atoms with Crippen molar-refractivity contribution in [3.05, 3.63) is 35.1 Å². The van der Waals surface area contributed by atoms with Crippen LogP contribution in [0.25, 0.3) is 0 Å². The highest BCUT2D eigenvalue weighted by Crippen LogP contribution is 2.37. The summed E-state index contributed by atoms with van der Waals surface area (Å²) < 4.78 is 55.9. The summed E-state index contributed by atoms with van der Waals surface area (Å²) >= 11 is 0. The molecule has 0 saturated heterocycles. The van der Waals surface area contributed by atoms with Crippen molar-refractivity contribution in [1.29, 1.82) is 0 Å². The molecule has 0 saturated carbocycles. The van der Waals surface area contributed by atoms with Gasteiger partial charge in [-0.15, -0.1) is 0 Å². The molecule has 4 nitrogen and oxygen atoms in total. The van der Waals surface area contributed by atoms with Gasteiger partial charge in [0.15, 0.2) is 6.10 Å². The van der Waals surface area contributed by atoms with Gasteiger partial charge in [0.2, 0.25) is 0 Å². The summed E-state index contributed by atoms with van der Waals surface area (Å²) in [4.78, 5) is 11.2. The van der Waals surface area contributed by atoms with Crippen LogP contribution in [0.15, 0.2) is 18.2 Å². The van der Waals surface area contributed by atoms with Crippen LogP contribution >= 0.6 is 0 Å². The van der Waals surface area contributed by atoms with Crippen LogP contribution in [-0.4, -0.2) is 28.9 Å². The Morgan fingerprint density at radius 3 is 2.45 bits per heavy atom. The molecule has 1 rings (SSSR count). The molecule has 2 N–H and O–H groups in total. The Labute approximate surface area is 111 Å². The van der Waals surface area contributed by atoms with Crippen molar-refractivity contribution in [1.82, 2.24) is 0 Å². The zero-order valence-corrected chi connectivity index (χ0v) is 10.3. The maximum absolute atomic E-state index is 13.3. The van der Waals surface area contributed by atoms with Crippen molar-refractivity contribution in [2.24, 2.45) is 0 Å². The SMILES string of the molecule is CCOC(=O)C(O)C(O)c1cccc(F)c1C(F)(F)F. The molecule has 0 aromatic heterocycles. The molecule has 0 spiro atoms. The molecular formula is C12H12F4O4. The van der Waals surface area contributed by atoms with E-state index in [9.17, 15) is 32.6 Å². The lowest BCUT2D eigenvalue weighted by Gasteiger charge is -2.21. The predicted octanol–water partition coefficient (Wildman–Crippen LogP) is 1.80. The van der Waals surface area contributed by atoms with Crippen LogP contribution in [-0.2, 0) is 15.7 Å². The molecule has 0 radical (unpaired) electrons. The second-order valence-corrected chi connectivity index (χ2v) is 3.84. The summed E-state index contributed by atoms with van der Waals surface area (Å²) in [6.45, 7) is 1.29. The predicted molar refractivity (Wildman–Crippen MR) is 59.0 cm³/mol. The second kappa shape index (κ2) is 6.19. The Bertz CT molecular complexity index is 487. The Balaban J connectivity index is 3.20. The summed E-state index contributed by atoms with van der Waals surface area (Å²) in [6.07, 6.45) is -9.56. The average molecular weight is 296 g/mol. The van der Waals surface area contributed by atoms with Gasteiger partial charge >= 0.3 is 12.1 Å².